The Kier molecular flexibility index (Phi) is 3.66. The van der Waals surface area contributed by atoms with E-state index in [9.17, 15) is 13.6 Å². The van der Waals surface area contributed by atoms with Crippen molar-refractivity contribution in [2.75, 3.05) is 5.32 Å². The normalized spacial score (nSPS) is 10.2. The monoisotopic (exact) mass is 312 g/mol. The highest BCUT2D eigenvalue weighted by molar-refractivity contribution is 9.10. The predicted octanol–water partition coefficient (Wildman–Crippen LogP) is 3.37. The predicted molar refractivity (Wildman–Crippen MR) is 66.2 cm³/mol. The number of aromatic nitrogens is 1. The fraction of sp³-hybridized carbons (Fsp3) is 0. The largest absolute Gasteiger partial charge is 0.306 e. The van der Waals surface area contributed by atoms with Crippen LogP contribution in [0.15, 0.2) is 41.0 Å². The van der Waals surface area contributed by atoms with Gasteiger partial charge in [0.1, 0.15) is 5.82 Å². The highest BCUT2D eigenvalue weighted by Gasteiger charge is 2.16. The fourth-order valence-electron chi connectivity index (χ4n) is 1.33. The zero-order valence-corrected chi connectivity index (χ0v) is 10.5. The molecule has 0 unspecified atom stereocenters. The molecule has 0 bridgehead atoms. The first-order chi connectivity index (χ1) is 8.59. The molecule has 6 heteroatoms. The highest BCUT2D eigenvalue weighted by Crippen LogP contribution is 2.20. The molecule has 1 aromatic heterocycles. The van der Waals surface area contributed by atoms with Crippen molar-refractivity contribution >= 4 is 27.7 Å². The lowest BCUT2D eigenvalue weighted by Crippen LogP contribution is -2.15. The maximum atomic E-state index is 13.4. The molecule has 0 radical (unpaired) electrons. The molecule has 0 fully saturated rings. The summed E-state index contributed by atoms with van der Waals surface area (Å²) in [6.07, 6.45) is 1.47. The van der Waals surface area contributed by atoms with E-state index in [1.54, 1.807) is 12.1 Å². The Morgan fingerprint density at radius 1 is 1.22 bits per heavy atom. The average Bonchev–Trinajstić information content (AvgIpc) is 2.35. The number of pyridine rings is 1. The van der Waals surface area contributed by atoms with Crippen LogP contribution in [-0.2, 0) is 0 Å². The molecule has 0 aliphatic heterocycles. The first-order valence-electron chi connectivity index (χ1n) is 4.95. The molecule has 2 rings (SSSR count). The molecule has 0 saturated heterocycles. The second kappa shape index (κ2) is 5.22. The molecule has 1 heterocycles. The van der Waals surface area contributed by atoms with Gasteiger partial charge in [0.15, 0.2) is 11.6 Å². The van der Waals surface area contributed by atoms with Crippen molar-refractivity contribution in [2.24, 2.45) is 0 Å². The first kappa shape index (κ1) is 12.6. The van der Waals surface area contributed by atoms with E-state index >= 15 is 0 Å². The summed E-state index contributed by atoms with van der Waals surface area (Å²) in [5.74, 6) is -2.76. The van der Waals surface area contributed by atoms with Gasteiger partial charge in [0, 0.05) is 6.20 Å². The van der Waals surface area contributed by atoms with Crippen molar-refractivity contribution in [2.45, 2.75) is 0 Å². The fourth-order valence-corrected chi connectivity index (χ4v) is 1.69. The minimum absolute atomic E-state index is 0.242. The maximum absolute atomic E-state index is 13.4. The van der Waals surface area contributed by atoms with E-state index < -0.39 is 17.5 Å². The van der Waals surface area contributed by atoms with E-state index in [4.69, 9.17) is 0 Å². The van der Waals surface area contributed by atoms with Crippen molar-refractivity contribution in [3.05, 3.63) is 58.2 Å². The van der Waals surface area contributed by atoms with Crippen LogP contribution in [0.1, 0.15) is 10.4 Å². The van der Waals surface area contributed by atoms with Gasteiger partial charge in [-0.05, 0) is 40.2 Å². The second-order valence-electron chi connectivity index (χ2n) is 3.39. The number of rotatable bonds is 2. The van der Waals surface area contributed by atoms with E-state index in [-0.39, 0.29) is 11.4 Å². The Hall–Kier alpha value is -1.82. The molecule has 2 aromatic rings. The Morgan fingerprint density at radius 3 is 2.72 bits per heavy atom. The number of amides is 1. The number of hydrogen-bond donors (Lipinski definition) is 1. The summed E-state index contributed by atoms with van der Waals surface area (Å²) in [7, 11) is 0. The average molecular weight is 313 g/mol. The Labute approximate surface area is 110 Å². The summed E-state index contributed by atoms with van der Waals surface area (Å²) in [6, 6.07) is 6.75. The van der Waals surface area contributed by atoms with Crippen LogP contribution in [0.2, 0.25) is 0 Å². The SMILES string of the molecule is O=C(Nc1ncccc1Br)c1cccc(F)c1F. The van der Waals surface area contributed by atoms with Crippen LogP contribution in [0.4, 0.5) is 14.6 Å². The van der Waals surface area contributed by atoms with Crippen LogP contribution in [0.25, 0.3) is 0 Å². The van der Waals surface area contributed by atoms with Crippen LogP contribution in [0, 0.1) is 11.6 Å². The van der Waals surface area contributed by atoms with E-state index in [2.05, 4.69) is 26.2 Å². The first-order valence-corrected chi connectivity index (χ1v) is 5.75. The third-order valence-corrected chi connectivity index (χ3v) is 2.83. The standard InChI is InChI=1S/C12H7BrF2N2O/c13-8-4-2-6-16-11(8)17-12(18)7-3-1-5-9(14)10(7)15/h1-6H,(H,16,17,18). The zero-order valence-electron chi connectivity index (χ0n) is 8.95. The lowest BCUT2D eigenvalue weighted by atomic mass is 10.2. The van der Waals surface area contributed by atoms with Crippen LogP contribution >= 0.6 is 15.9 Å². The van der Waals surface area contributed by atoms with E-state index in [1.165, 1.54) is 18.3 Å². The molecule has 0 aliphatic rings. The minimum atomic E-state index is -1.18. The van der Waals surface area contributed by atoms with Gasteiger partial charge >= 0.3 is 0 Å². The summed E-state index contributed by atoms with van der Waals surface area (Å²) < 4.78 is 26.9. The van der Waals surface area contributed by atoms with E-state index in [0.29, 0.717) is 4.47 Å². The number of anilines is 1. The Morgan fingerprint density at radius 2 is 2.00 bits per heavy atom. The van der Waals surface area contributed by atoms with Crippen LogP contribution in [0.3, 0.4) is 0 Å². The number of carbonyl (C=O) groups excluding carboxylic acids is 1. The van der Waals surface area contributed by atoms with Crippen LogP contribution in [0.5, 0.6) is 0 Å². The topological polar surface area (TPSA) is 42.0 Å². The molecule has 92 valence electrons. The maximum Gasteiger partial charge on any atom is 0.259 e. The number of benzene rings is 1. The van der Waals surface area contributed by atoms with Crippen molar-refractivity contribution < 1.29 is 13.6 Å². The molecule has 3 nitrogen and oxygen atoms in total. The summed E-state index contributed by atoms with van der Waals surface area (Å²) in [4.78, 5) is 15.7. The van der Waals surface area contributed by atoms with Crippen molar-refractivity contribution in [1.82, 2.24) is 4.98 Å². The lowest BCUT2D eigenvalue weighted by Gasteiger charge is -2.06. The molecule has 0 atom stereocenters. The molecule has 0 aliphatic carbocycles. The number of nitrogens with one attached hydrogen (secondary N) is 1. The Balaban J connectivity index is 2.28. The lowest BCUT2D eigenvalue weighted by molar-refractivity contribution is 0.102. The molecule has 1 amide bonds. The zero-order chi connectivity index (χ0) is 13.1. The van der Waals surface area contributed by atoms with Gasteiger partial charge in [-0.1, -0.05) is 6.07 Å². The Bertz CT molecular complexity index is 604. The number of hydrogen-bond acceptors (Lipinski definition) is 2. The van der Waals surface area contributed by atoms with Crippen molar-refractivity contribution in [1.29, 1.82) is 0 Å². The van der Waals surface area contributed by atoms with Crippen molar-refractivity contribution in [3.63, 3.8) is 0 Å². The molecule has 1 aromatic carbocycles. The van der Waals surface area contributed by atoms with Crippen LogP contribution in [-0.4, -0.2) is 10.9 Å². The van der Waals surface area contributed by atoms with Gasteiger partial charge in [0.2, 0.25) is 0 Å². The van der Waals surface area contributed by atoms with Gasteiger partial charge in [-0.3, -0.25) is 4.79 Å². The third kappa shape index (κ3) is 2.53. The van der Waals surface area contributed by atoms with Gasteiger partial charge in [0.25, 0.3) is 5.91 Å². The molecular formula is C12H7BrF2N2O. The van der Waals surface area contributed by atoms with Gasteiger partial charge in [-0.2, -0.15) is 0 Å². The smallest absolute Gasteiger partial charge is 0.259 e. The number of carbonyl (C=O) groups is 1. The van der Waals surface area contributed by atoms with Gasteiger partial charge in [-0.25, -0.2) is 13.8 Å². The molecule has 0 saturated carbocycles. The van der Waals surface area contributed by atoms with E-state index in [0.717, 1.165) is 6.07 Å². The second-order valence-corrected chi connectivity index (χ2v) is 4.24. The summed E-state index contributed by atoms with van der Waals surface area (Å²) in [5.41, 5.74) is -0.368. The summed E-state index contributed by atoms with van der Waals surface area (Å²) in [5, 5.41) is 2.39. The minimum Gasteiger partial charge on any atom is -0.306 e. The molecular weight excluding hydrogens is 306 g/mol. The van der Waals surface area contributed by atoms with Crippen molar-refractivity contribution in [3.8, 4) is 0 Å². The summed E-state index contributed by atoms with van der Waals surface area (Å²) in [6.45, 7) is 0. The van der Waals surface area contributed by atoms with Gasteiger partial charge in [-0.15, -0.1) is 0 Å². The molecule has 1 N–H and O–H groups in total. The third-order valence-electron chi connectivity index (χ3n) is 2.19. The van der Waals surface area contributed by atoms with Crippen LogP contribution < -0.4 is 5.32 Å². The number of nitrogens with zero attached hydrogens (tertiary/aromatic N) is 1. The van der Waals surface area contributed by atoms with Gasteiger partial charge in [0.05, 0.1) is 10.0 Å². The summed E-state index contributed by atoms with van der Waals surface area (Å²) >= 11 is 3.19. The quantitative estimate of drug-likeness (QED) is 0.923. The molecule has 0 spiro atoms. The van der Waals surface area contributed by atoms with Gasteiger partial charge < -0.3 is 5.32 Å². The number of halogens is 3. The van der Waals surface area contributed by atoms with E-state index in [1.807, 2.05) is 0 Å². The highest BCUT2D eigenvalue weighted by atomic mass is 79.9. The molecule has 18 heavy (non-hydrogen) atoms.